The number of nitrogens with one attached hydrogen (secondary N) is 2. The summed E-state index contributed by atoms with van der Waals surface area (Å²) in [7, 11) is 1.61. The molecule has 0 saturated carbocycles. The van der Waals surface area contributed by atoms with E-state index in [2.05, 4.69) is 62.4 Å². The number of anilines is 2. The molecule has 0 aliphatic carbocycles. The molecule has 166 valence electrons. The zero-order chi connectivity index (χ0) is 21.7. The van der Waals surface area contributed by atoms with Crippen molar-refractivity contribution in [2.75, 3.05) is 17.9 Å². The molecule has 29 heavy (non-hydrogen) atoms. The highest BCUT2D eigenvalue weighted by atomic mass is 16.6. The van der Waals surface area contributed by atoms with Gasteiger partial charge in [0, 0.05) is 12.8 Å². The van der Waals surface area contributed by atoms with Crippen LogP contribution >= 0.6 is 0 Å². The van der Waals surface area contributed by atoms with Gasteiger partial charge in [0.2, 0.25) is 0 Å². The van der Waals surface area contributed by atoms with E-state index in [1.165, 1.54) is 11.1 Å². The van der Waals surface area contributed by atoms with Gasteiger partial charge in [0.15, 0.2) is 0 Å². The van der Waals surface area contributed by atoms with Crippen molar-refractivity contribution in [1.29, 1.82) is 0 Å². The molecule has 2 aromatic carbocycles. The van der Waals surface area contributed by atoms with Gasteiger partial charge in [-0.2, -0.15) is 0 Å². The smallest absolute Gasteiger partial charge is 0.0654 e. The van der Waals surface area contributed by atoms with Crippen LogP contribution in [0.4, 0.5) is 11.4 Å². The normalized spacial score (nSPS) is 9.31. The Labute approximate surface area is 182 Å². The van der Waals surface area contributed by atoms with Gasteiger partial charge in [0.25, 0.3) is 0 Å². The van der Waals surface area contributed by atoms with Crippen molar-refractivity contribution in [3.8, 4) is 0 Å². The second-order valence-electron chi connectivity index (χ2n) is 6.36. The van der Waals surface area contributed by atoms with Crippen molar-refractivity contribution in [1.82, 2.24) is 0 Å². The van der Waals surface area contributed by atoms with Crippen LogP contribution in [-0.2, 0) is 11.3 Å². The van der Waals surface area contributed by atoms with E-state index in [1.54, 1.807) is 7.11 Å². The number of rotatable bonds is 7. The molecule has 0 aliphatic rings. The van der Waals surface area contributed by atoms with E-state index in [0.717, 1.165) is 34.6 Å². The van der Waals surface area contributed by atoms with E-state index in [9.17, 15) is 0 Å². The minimum atomic E-state index is 0. The van der Waals surface area contributed by atoms with Crippen molar-refractivity contribution < 1.29 is 6.26 Å². The summed E-state index contributed by atoms with van der Waals surface area (Å²) >= 11 is 0. The molecule has 3 nitrogen and oxygen atoms in total. The Morgan fingerprint density at radius 2 is 1.69 bits per heavy atom. The van der Waals surface area contributed by atoms with Crippen LogP contribution in [0.1, 0.15) is 85.5 Å². The van der Waals surface area contributed by atoms with Crippen LogP contribution in [0.2, 0.25) is 0 Å². The molecule has 3 heteroatoms. The fraction of sp³-hybridized carbons (Fsp3) is 0.462. The molecule has 2 rings (SSSR count). The molecular formula is C26H46N2O. The molecule has 0 amide bonds. The Hall–Kier alpha value is -2.26. The average molecular weight is 403 g/mol. The third-order valence-corrected chi connectivity index (χ3v) is 4.24. The predicted octanol–water partition coefficient (Wildman–Crippen LogP) is 8.67. The van der Waals surface area contributed by atoms with Crippen LogP contribution in [0.5, 0.6) is 0 Å². The summed E-state index contributed by atoms with van der Waals surface area (Å²) in [4.78, 5) is 5.02. The molecule has 2 N–H and O–H groups in total. The number of aryl methyl sites for hydroxylation is 2. The van der Waals surface area contributed by atoms with Gasteiger partial charge >= 0.3 is 0 Å². The van der Waals surface area contributed by atoms with Crippen LogP contribution < -0.4 is 10.8 Å². The molecule has 0 aliphatic heterocycles. The Balaban J connectivity index is -0.00000114. The van der Waals surface area contributed by atoms with E-state index in [-0.39, 0.29) is 8.85 Å². The second-order valence-corrected chi connectivity index (χ2v) is 6.36. The first-order valence-corrected chi connectivity index (χ1v) is 10.4. The summed E-state index contributed by atoms with van der Waals surface area (Å²) in [6, 6.07) is 12.7. The molecule has 0 aromatic heterocycles. The molecule has 0 heterocycles. The van der Waals surface area contributed by atoms with Gasteiger partial charge in [-0.05, 0) is 59.7 Å². The van der Waals surface area contributed by atoms with Crippen LogP contribution in [0.25, 0.3) is 5.70 Å². The van der Waals surface area contributed by atoms with Crippen LogP contribution in [0.15, 0.2) is 43.0 Å². The van der Waals surface area contributed by atoms with Gasteiger partial charge < -0.3 is 5.32 Å². The molecule has 0 radical (unpaired) electrons. The monoisotopic (exact) mass is 402 g/mol. The van der Waals surface area contributed by atoms with Gasteiger partial charge in [-0.1, -0.05) is 80.7 Å². The zero-order valence-electron chi connectivity index (χ0n) is 19.4. The van der Waals surface area contributed by atoms with E-state index < -0.39 is 0 Å². The maximum absolute atomic E-state index is 5.02. The van der Waals surface area contributed by atoms with Crippen LogP contribution in [-0.4, -0.2) is 7.11 Å². The molecule has 0 spiro atoms. The molecule has 0 bridgehead atoms. The van der Waals surface area contributed by atoms with Crippen molar-refractivity contribution in [3.63, 3.8) is 0 Å². The van der Waals surface area contributed by atoms with E-state index in [1.807, 2.05) is 46.8 Å². The summed E-state index contributed by atoms with van der Waals surface area (Å²) in [5, 5.41) is 3.39. The second kappa shape index (κ2) is 15.6. The molecule has 0 fully saturated rings. The molecule has 0 saturated heterocycles. The van der Waals surface area contributed by atoms with Gasteiger partial charge in [-0.15, -0.1) is 0 Å². The highest BCUT2D eigenvalue weighted by Gasteiger charge is 2.09. The van der Waals surface area contributed by atoms with Crippen molar-refractivity contribution in [3.05, 3.63) is 65.2 Å². The molecule has 2 aromatic rings. The number of hydrogen-bond donors (Lipinski definition) is 2. The average Bonchev–Trinajstić information content (AvgIpc) is 2.73. The van der Waals surface area contributed by atoms with E-state index in [0.29, 0.717) is 5.92 Å². The number of benzene rings is 2. The first-order chi connectivity index (χ1) is 13.5. The fourth-order valence-electron chi connectivity index (χ4n) is 2.83. The lowest BCUT2D eigenvalue weighted by atomic mass is 9.93. The summed E-state index contributed by atoms with van der Waals surface area (Å²) in [5.74, 6) is 0.537. The predicted molar refractivity (Wildman–Crippen MR) is 136 cm³/mol. The van der Waals surface area contributed by atoms with Crippen molar-refractivity contribution in [2.24, 2.45) is 0 Å². The standard InChI is InChI=1S/C21H28N2O.2C2H6.CH4.H2/c1-7-17-12-18(9-11-20(17)14(2)3)16(5)22-19-10-8-15(4)21(13-19)23-24-6;2*1-2;;/h8-14,22-23H,5,7H2,1-4,6H3;2*1-2H3;1H4;1H. The lowest BCUT2D eigenvalue weighted by molar-refractivity contribution is 0.271. The molecule has 0 unspecified atom stereocenters. The highest BCUT2D eigenvalue weighted by Crippen LogP contribution is 2.26. The first kappa shape index (κ1) is 28.9. The Bertz CT molecular complexity index is 727. The Kier molecular flexibility index (Phi) is 15.6. The fourth-order valence-corrected chi connectivity index (χ4v) is 2.83. The lowest BCUT2D eigenvalue weighted by Crippen LogP contribution is -2.03. The van der Waals surface area contributed by atoms with Crippen molar-refractivity contribution >= 4 is 17.1 Å². The quantitative estimate of drug-likeness (QED) is 0.454. The minimum absolute atomic E-state index is 0. The largest absolute Gasteiger partial charge is 0.355 e. The van der Waals surface area contributed by atoms with Gasteiger partial charge in [0.1, 0.15) is 0 Å². The highest BCUT2D eigenvalue weighted by molar-refractivity contribution is 5.77. The minimum Gasteiger partial charge on any atom is -0.355 e. The van der Waals surface area contributed by atoms with E-state index >= 15 is 0 Å². The maximum atomic E-state index is 5.02. The summed E-state index contributed by atoms with van der Waals surface area (Å²) < 4.78 is 0. The van der Waals surface area contributed by atoms with Crippen LogP contribution in [0.3, 0.4) is 0 Å². The third-order valence-electron chi connectivity index (χ3n) is 4.24. The molecule has 0 atom stereocenters. The van der Waals surface area contributed by atoms with Gasteiger partial charge in [0.05, 0.1) is 12.8 Å². The topological polar surface area (TPSA) is 33.3 Å². The van der Waals surface area contributed by atoms with E-state index in [4.69, 9.17) is 4.84 Å². The Morgan fingerprint density at radius 3 is 2.21 bits per heavy atom. The first-order valence-electron chi connectivity index (χ1n) is 10.4. The SMILES string of the molecule is C.C=C(Nc1ccc(C)c(NOC)c1)c1ccc(C(C)C)c(CC)c1.CC.CC.[HH]. The molecular weight excluding hydrogens is 356 g/mol. The summed E-state index contributed by atoms with van der Waals surface area (Å²) in [5.41, 5.74) is 10.8. The zero-order valence-corrected chi connectivity index (χ0v) is 19.4. The van der Waals surface area contributed by atoms with Gasteiger partial charge in [-0.3, -0.25) is 10.3 Å². The Morgan fingerprint density at radius 1 is 1.07 bits per heavy atom. The van der Waals surface area contributed by atoms with Crippen molar-refractivity contribution in [2.45, 2.75) is 75.2 Å². The summed E-state index contributed by atoms with van der Waals surface area (Å²) in [6.45, 7) is 20.9. The third kappa shape index (κ3) is 8.74. The maximum Gasteiger partial charge on any atom is 0.0654 e. The van der Waals surface area contributed by atoms with Crippen LogP contribution in [0, 0.1) is 6.92 Å². The number of hydrogen-bond acceptors (Lipinski definition) is 3. The lowest BCUT2D eigenvalue weighted by Gasteiger charge is -2.16. The van der Waals surface area contributed by atoms with Gasteiger partial charge in [-0.25, -0.2) is 0 Å². The summed E-state index contributed by atoms with van der Waals surface area (Å²) in [6.07, 6.45) is 1.03.